The van der Waals surface area contributed by atoms with E-state index < -0.39 is 5.91 Å². The molecule has 5 rings (SSSR count). The van der Waals surface area contributed by atoms with Crippen molar-refractivity contribution in [3.05, 3.63) is 92.6 Å². The third-order valence-corrected chi connectivity index (χ3v) is 7.59. The average molecular weight is 523 g/mol. The van der Waals surface area contributed by atoms with Crippen molar-refractivity contribution in [1.82, 2.24) is 10.4 Å². The average Bonchev–Trinajstić information content (AvgIpc) is 3.49. The molecule has 5 aromatic rings. The van der Waals surface area contributed by atoms with Gasteiger partial charge in [-0.1, -0.05) is 53.5 Å². The number of pyridine rings is 1. The van der Waals surface area contributed by atoms with Crippen molar-refractivity contribution in [1.29, 1.82) is 0 Å². The van der Waals surface area contributed by atoms with Crippen molar-refractivity contribution >= 4 is 73.9 Å². The summed E-state index contributed by atoms with van der Waals surface area (Å²) in [4.78, 5) is 19.8. The Kier molecular flexibility index (Phi) is 6.34. The number of nitrogen functional groups attached to an aromatic ring is 1. The number of carbonyl (C=O) groups is 1. The largest absolute Gasteiger partial charge is 0.397 e. The smallest absolute Gasteiger partial charge is 0.283 e. The second-order valence-corrected chi connectivity index (χ2v) is 10.1. The molecule has 0 aliphatic heterocycles. The minimum atomic E-state index is -0.393. The number of carbonyl (C=O) groups excluding carboxylic acids is 1. The second kappa shape index (κ2) is 9.56. The summed E-state index contributed by atoms with van der Waals surface area (Å²) in [6.07, 6.45) is 1.55. The van der Waals surface area contributed by atoms with E-state index in [0.29, 0.717) is 25.4 Å². The van der Waals surface area contributed by atoms with E-state index in [0.717, 1.165) is 32.6 Å². The predicted molar refractivity (Wildman–Crippen MR) is 144 cm³/mol. The molecule has 0 aliphatic carbocycles. The highest BCUT2D eigenvalue weighted by molar-refractivity contribution is 7.21. The maximum atomic E-state index is 12.9. The van der Waals surface area contributed by atoms with Crippen LogP contribution < -0.4 is 11.2 Å². The molecule has 0 unspecified atom stereocenters. The van der Waals surface area contributed by atoms with Crippen LogP contribution in [0.3, 0.4) is 0 Å². The minimum absolute atomic E-state index is 0.363. The van der Waals surface area contributed by atoms with Crippen molar-refractivity contribution in [2.45, 2.75) is 0 Å². The Morgan fingerprint density at radius 1 is 1.03 bits per heavy atom. The van der Waals surface area contributed by atoms with Crippen molar-refractivity contribution in [2.75, 3.05) is 5.73 Å². The van der Waals surface area contributed by atoms with Crippen LogP contribution in [0.15, 0.2) is 77.2 Å². The van der Waals surface area contributed by atoms with Crippen LogP contribution in [0, 0.1) is 0 Å². The molecular weight excluding hydrogens is 507 g/mol. The number of halogens is 2. The van der Waals surface area contributed by atoms with Crippen LogP contribution >= 0.6 is 45.9 Å². The summed E-state index contributed by atoms with van der Waals surface area (Å²) in [6, 6.07) is 20.6. The van der Waals surface area contributed by atoms with Crippen molar-refractivity contribution in [3.8, 4) is 21.7 Å². The highest BCUT2D eigenvalue weighted by atomic mass is 35.5. The van der Waals surface area contributed by atoms with Crippen LogP contribution in [0.4, 0.5) is 5.69 Å². The topological polar surface area (TPSA) is 80.4 Å². The van der Waals surface area contributed by atoms with Gasteiger partial charge >= 0.3 is 0 Å². The molecule has 3 N–H and O–H groups in total. The second-order valence-electron chi connectivity index (χ2n) is 7.31. The molecular formula is C25H16Cl2N4OS2. The number of hydrogen-bond acceptors (Lipinski definition) is 6. The van der Waals surface area contributed by atoms with Gasteiger partial charge in [0.1, 0.15) is 9.71 Å². The fourth-order valence-electron chi connectivity index (χ4n) is 3.45. The summed E-state index contributed by atoms with van der Waals surface area (Å²) in [5, 5.41) is 8.11. The molecule has 2 aromatic carbocycles. The number of fused-ring (bicyclic) bond motifs is 1. The number of aromatic nitrogens is 1. The third kappa shape index (κ3) is 4.56. The lowest BCUT2D eigenvalue weighted by Crippen LogP contribution is -2.17. The number of anilines is 1. The quantitative estimate of drug-likeness (QED) is 0.187. The summed E-state index contributed by atoms with van der Waals surface area (Å²) in [5.41, 5.74) is 12.9. The lowest BCUT2D eigenvalue weighted by atomic mass is 10.0. The molecule has 168 valence electrons. The van der Waals surface area contributed by atoms with Gasteiger partial charge in [0.25, 0.3) is 5.91 Å². The molecule has 0 radical (unpaired) electrons. The van der Waals surface area contributed by atoms with Crippen molar-refractivity contribution in [2.24, 2.45) is 5.10 Å². The van der Waals surface area contributed by atoms with Gasteiger partial charge in [-0.3, -0.25) is 4.79 Å². The number of nitrogens with zero attached hydrogens (tertiary/aromatic N) is 2. The van der Waals surface area contributed by atoms with E-state index in [2.05, 4.69) is 10.5 Å². The first-order valence-electron chi connectivity index (χ1n) is 10.1. The highest BCUT2D eigenvalue weighted by Crippen LogP contribution is 2.42. The SMILES string of the molecule is Nc1c(C(=O)N/N=C/c2ccc(Cl)cc2)sc2nc(-c3ccc(Cl)cc3)cc(-c3cccs3)c12. The number of hydrazone groups is 1. The van der Waals surface area contributed by atoms with Gasteiger partial charge < -0.3 is 5.73 Å². The number of nitrogens with one attached hydrogen (secondary N) is 1. The van der Waals surface area contributed by atoms with Crippen LogP contribution in [0.5, 0.6) is 0 Å². The van der Waals surface area contributed by atoms with E-state index in [1.54, 1.807) is 41.8 Å². The molecule has 0 fully saturated rings. The van der Waals surface area contributed by atoms with Gasteiger partial charge in [0.15, 0.2) is 0 Å². The molecule has 9 heteroatoms. The zero-order valence-corrected chi connectivity index (χ0v) is 20.6. The Labute approximate surface area is 213 Å². The Morgan fingerprint density at radius 3 is 2.41 bits per heavy atom. The monoisotopic (exact) mass is 522 g/mol. The van der Waals surface area contributed by atoms with Crippen LogP contribution in [0.25, 0.3) is 31.9 Å². The molecule has 0 spiro atoms. The number of hydrogen-bond donors (Lipinski definition) is 2. The Balaban J connectivity index is 1.54. The van der Waals surface area contributed by atoms with Crippen molar-refractivity contribution in [3.63, 3.8) is 0 Å². The molecule has 1 amide bonds. The Bertz CT molecular complexity index is 1510. The summed E-state index contributed by atoms with van der Waals surface area (Å²) in [5.74, 6) is -0.393. The highest BCUT2D eigenvalue weighted by Gasteiger charge is 2.22. The van der Waals surface area contributed by atoms with Gasteiger partial charge in [0, 0.05) is 31.4 Å². The normalized spacial score (nSPS) is 11.4. The van der Waals surface area contributed by atoms with Gasteiger partial charge in [-0.15, -0.1) is 22.7 Å². The summed E-state index contributed by atoms with van der Waals surface area (Å²) < 4.78 is 0. The number of rotatable bonds is 5. The van der Waals surface area contributed by atoms with E-state index in [4.69, 9.17) is 33.9 Å². The fourth-order valence-corrected chi connectivity index (χ4v) is 5.46. The van der Waals surface area contributed by atoms with E-state index in [1.807, 2.05) is 47.8 Å². The first-order chi connectivity index (χ1) is 16.5. The van der Waals surface area contributed by atoms with Crippen LogP contribution in [0.1, 0.15) is 15.2 Å². The zero-order valence-electron chi connectivity index (χ0n) is 17.5. The van der Waals surface area contributed by atoms with Crippen LogP contribution in [-0.2, 0) is 0 Å². The zero-order chi connectivity index (χ0) is 23.7. The molecule has 5 nitrogen and oxygen atoms in total. The number of amides is 1. The summed E-state index contributed by atoms with van der Waals surface area (Å²) in [7, 11) is 0. The van der Waals surface area contributed by atoms with Gasteiger partial charge in [-0.25, -0.2) is 10.4 Å². The molecule has 34 heavy (non-hydrogen) atoms. The lowest BCUT2D eigenvalue weighted by molar-refractivity contribution is 0.0960. The first kappa shape index (κ1) is 22.6. The van der Waals surface area contributed by atoms with E-state index in [9.17, 15) is 4.79 Å². The van der Waals surface area contributed by atoms with E-state index >= 15 is 0 Å². The first-order valence-corrected chi connectivity index (χ1v) is 12.6. The molecule has 0 saturated carbocycles. The van der Waals surface area contributed by atoms with E-state index in [-0.39, 0.29) is 0 Å². The summed E-state index contributed by atoms with van der Waals surface area (Å²) in [6.45, 7) is 0. The third-order valence-electron chi connectivity index (χ3n) is 5.08. The molecule has 0 atom stereocenters. The molecule has 3 aromatic heterocycles. The van der Waals surface area contributed by atoms with E-state index in [1.165, 1.54) is 11.3 Å². The van der Waals surface area contributed by atoms with Crippen molar-refractivity contribution < 1.29 is 4.79 Å². The minimum Gasteiger partial charge on any atom is -0.397 e. The summed E-state index contributed by atoms with van der Waals surface area (Å²) >= 11 is 14.8. The lowest BCUT2D eigenvalue weighted by Gasteiger charge is -2.07. The van der Waals surface area contributed by atoms with Crippen LogP contribution in [0.2, 0.25) is 10.0 Å². The van der Waals surface area contributed by atoms with Gasteiger partial charge in [-0.2, -0.15) is 5.10 Å². The van der Waals surface area contributed by atoms with Gasteiger partial charge in [-0.05, 0) is 47.3 Å². The Hall–Kier alpha value is -3.23. The molecule has 0 aliphatic rings. The maximum Gasteiger partial charge on any atom is 0.283 e. The van der Waals surface area contributed by atoms with Crippen LogP contribution in [-0.4, -0.2) is 17.1 Å². The Morgan fingerprint density at radius 2 is 1.74 bits per heavy atom. The number of nitrogens with two attached hydrogens (primary N) is 1. The molecule has 3 heterocycles. The molecule has 0 saturated heterocycles. The number of benzene rings is 2. The fraction of sp³-hybridized carbons (Fsp3) is 0. The van der Waals surface area contributed by atoms with Gasteiger partial charge in [0.2, 0.25) is 0 Å². The maximum absolute atomic E-state index is 12.9. The van der Waals surface area contributed by atoms with Gasteiger partial charge in [0.05, 0.1) is 17.6 Å². The standard InChI is InChI=1S/C25H16Cl2N4OS2/c26-16-7-3-14(4-8-16)13-29-31-24(32)23-22(28)21-18(20-2-1-11-33-20)12-19(30-25(21)34-23)15-5-9-17(27)10-6-15/h1-13H,28H2,(H,31,32)/b29-13+. The predicted octanol–water partition coefficient (Wildman–Crippen LogP) is 7.34. The number of thiophene rings is 2. The molecule has 0 bridgehead atoms.